The van der Waals surface area contributed by atoms with Crippen LogP contribution in [0.5, 0.6) is 0 Å². The molecule has 5 heteroatoms. The highest BCUT2D eigenvalue weighted by molar-refractivity contribution is 7.03. The second kappa shape index (κ2) is 4.70. The molecule has 0 aliphatic heterocycles. The molecule has 18 heavy (non-hydrogen) atoms. The minimum Gasteiger partial charge on any atom is -0.378 e. The Bertz CT molecular complexity index is 664. The van der Waals surface area contributed by atoms with Crippen LogP contribution in [0.25, 0.3) is 10.9 Å². The van der Waals surface area contributed by atoms with E-state index in [9.17, 15) is 0 Å². The molecule has 0 bridgehead atoms. The molecule has 0 aliphatic rings. The summed E-state index contributed by atoms with van der Waals surface area (Å²) in [4.78, 5) is 4.58. The molecule has 0 unspecified atom stereocenters. The van der Waals surface area contributed by atoms with Crippen molar-refractivity contribution < 1.29 is 0 Å². The summed E-state index contributed by atoms with van der Waals surface area (Å²) in [5, 5.41) is 10.5. The minimum atomic E-state index is 0.672. The maximum atomic E-state index is 4.58. The summed E-state index contributed by atoms with van der Waals surface area (Å²) < 4.78 is 3.85. The first-order valence-corrected chi connectivity index (χ1v) is 6.53. The lowest BCUT2D eigenvalue weighted by atomic mass is 10.1. The smallest absolute Gasteiger partial charge is 0.0946 e. The normalized spacial score (nSPS) is 10.7. The highest BCUT2D eigenvalue weighted by atomic mass is 32.1. The molecule has 3 aromatic rings. The maximum absolute atomic E-state index is 4.58. The van der Waals surface area contributed by atoms with Gasteiger partial charge in [0.15, 0.2) is 0 Å². The highest BCUT2D eigenvalue weighted by Gasteiger charge is 2.03. The molecular weight excluding hydrogens is 244 g/mol. The molecule has 1 aromatic carbocycles. The summed E-state index contributed by atoms with van der Waals surface area (Å²) >= 11 is 1.36. The molecule has 0 spiro atoms. The molecule has 0 atom stereocenters. The molecule has 1 N–H and O–H groups in total. The first kappa shape index (κ1) is 11.1. The number of fused-ring (bicyclic) bond motifs is 1. The third-order valence-corrected chi connectivity index (χ3v) is 3.28. The fourth-order valence-corrected chi connectivity index (χ4v) is 2.29. The molecule has 2 aromatic heterocycles. The van der Waals surface area contributed by atoms with Crippen molar-refractivity contribution in [1.82, 2.24) is 14.6 Å². The van der Waals surface area contributed by atoms with E-state index in [1.54, 1.807) is 0 Å². The van der Waals surface area contributed by atoms with Gasteiger partial charge >= 0.3 is 0 Å². The van der Waals surface area contributed by atoms with Gasteiger partial charge in [-0.15, -0.1) is 5.10 Å². The van der Waals surface area contributed by atoms with E-state index in [1.165, 1.54) is 11.5 Å². The standard InChI is InChI=1S/C13H12N4S/c1-9-5-6-10-3-2-4-12(13(10)15-9)14-7-11-8-18-17-16-11/h2-6,8,14H,7H2,1H3. The van der Waals surface area contributed by atoms with Crippen LogP contribution in [0, 0.1) is 6.92 Å². The summed E-state index contributed by atoms with van der Waals surface area (Å²) in [7, 11) is 0. The largest absolute Gasteiger partial charge is 0.378 e. The van der Waals surface area contributed by atoms with Gasteiger partial charge in [0, 0.05) is 16.5 Å². The van der Waals surface area contributed by atoms with Crippen LogP contribution >= 0.6 is 11.5 Å². The Morgan fingerprint density at radius 3 is 3.00 bits per heavy atom. The molecular formula is C13H12N4S. The molecule has 0 radical (unpaired) electrons. The van der Waals surface area contributed by atoms with E-state index in [0.717, 1.165) is 28.0 Å². The molecule has 2 heterocycles. The van der Waals surface area contributed by atoms with Gasteiger partial charge in [0.1, 0.15) is 0 Å². The van der Waals surface area contributed by atoms with E-state index >= 15 is 0 Å². The van der Waals surface area contributed by atoms with Crippen molar-refractivity contribution in [1.29, 1.82) is 0 Å². The third kappa shape index (κ3) is 2.17. The van der Waals surface area contributed by atoms with Gasteiger partial charge in [-0.05, 0) is 30.6 Å². The average molecular weight is 256 g/mol. The van der Waals surface area contributed by atoms with Gasteiger partial charge < -0.3 is 5.32 Å². The Balaban J connectivity index is 1.93. The SMILES string of the molecule is Cc1ccc2cccc(NCc3csnn3)c2n1. The van der Waals surface area contributed by atoms with Crippen molar-refractivity contribution in [3.63, 3.8) is 0 Å². The van der Waals surface area contributed by atoms with Gasteiger partial charge in [-0.2, -0.15) is 0 Å². The van der Waals surface area contributed by atoms with Crippen molar-refractivity contribution >= 4 is 28.1 Å². The van der Waals surface area contributed by atoms with Crippen LogP contribution in [0.4, 0.5) is 5.69 Å². The molecule has 0 saturated heterocycles. The van der Waals surface area contributed by atoms with Crippen LogP contribution < -0.4 is 5.32 Å². The average Bonchev–Trinajstić information content (AvgIpc) is 2.89. The number of para-hydroxylation sites is 1. The number of hydrogen-bond acceptors (Lipinski definition) is 5. The van der Waals surface area contributed by atoms with Crippen molar-refractivity contribution in [2.24, 2.45) is 0 Å². The lowest BCUT2D eigenvalue weighted by Gasteiger charge is -2.08. The van der Waals surface area contributed by atoms with Crippen molar-refractivity contribution in [3.8, 4) is 0 Å². The number of anilines is 1. The molecule has 0 saturated carbocycles. The van der Waals surface area contributed by atoms with Crippen LogP contribution in [0.3, 0.4) is 0 Å². The van der Waals surface area contributed by atoms with Gasteiger partial charge in [-0.1, -0.05) is 22.7 Å². The number of hydrogen-bond donors (Lipinski definition) is 1. The zero-order chi connectivity index (χ0) is 12.4. The fraction of sp³-hybridized carbons (Fsp3) is 0.154. The quantitative estimate of drug-likeness (QED) is 0.782. The summed E-state index contributed by atoms with van der Waals surface area (Å²) in [5.74, 6) is 0. The lowest BCUT2D eigenvalue weighted by molar-refractivity contribution is 0.999. The fourth-order valence-electron chi connectivity index (χ4n) is 1.83. The minimum absolute atomic E-state index is 0.672. The number of nitrogens with one attached hydrogen (secondary N) is 1. The first-order valence-electron chi connectivity index (χ1n) is 5.69. The molecule has 3 rings (SSSR count). The second-order valence-corrected chi connectivity index (χ2v) is 4.69. The Kier molecular flexibility index (Phi) is 2.90. The van der Waals surface area contributed by atoms with E-state index in [0.29, 0.717) is 6.54 Å². The second-order valence-electron chi connectivity index (χ2n) is 4.08. The number of rotatable bonds is 3. The maximum Gasteiger partial charge on any atom is 0.0946 e. The molecule has 4 nitrogen and oxygen atoms in total. The predicted molar refractivity (Wildman–Crippen MR) is 73.7 cm³/mol. The highest BCUT2D eigenvalue weighted by Crippen LogP contribution is 2.22. The first-order chi connectivity index (χ1) is 8.83. The molecule has 0 aliphatic carbocycles. The molecule has 90 valence electrons. The number of benzene rings is 1. The van der Waals surface area contributed by atoms with E-state index in [4.69, 9.17) is 0 Å². The number of nitrogens with zero attached hydrogens (tertiary/aromatic N) is 3. The number of aryl methyl sites for hydroxylation is 1. The van der Waals surface area contributed by atoms with Crippen molar-refractivity contribution in [3.05, 3.63) is 47.1 Å². The summed E-state index contributed by atoms with van der Waals surface area (Å²) in [6.07, 6.45) is 0. The van der Waals surface area contributed by atoms with Crippen LogP contribution in [-0.2, 0) is 6.54 Å². The number of pyridine rings is 1. The van der Waals surface area contributed by atoms with Crippen LogP contribution in [-0.4, -0.2) is 14.6 Å². The molecule has 0 amide bonds. The van der Waals surface area contributed by atoms with Gasteiger partial charge in [-0.25, -0.2) is 0 Å². The molecule has 0 fully saturated rings. The van der Waals surface area contributed by atoms with E-state index < -0.39 is 0 Å². The predicted octanol–water partition coefficient (Wildman–Crippen LogP) is 3.01. The summed E-state index contributed by atoms with van der Waals surface area (Å²) in [6, 6.07) is 10.2. The van der Waals surface area contributed by atoms with Crippen LogP contribution in [0.15, 0.2) is 35.7 Å². The monoisotopic (exact) mass is 256 g/mol. The van der Waals surface area contributed by atoms with Gasteiger partial charge in [0.05, 0.1) is 23.4 Å². The summed E-state index contributed by atoms with van der Waals surface area (Å²) in [5.41, 5.74) is 4.00. The van der Waals surface area contributed by atoms with E-state index in [1.807, 2.05) is 30.5 Å². The third-order valence-electron chi connectivity index (χ3n) is 2.72. The lowest BCUT2D eigenvalue weighted by Crippen LogP contribution is -2.01. The van der Waals surface area contributed by atoms with Gasteiger partial charge in [0.25, 0.3) is 0 Å². The Hall–Kier alpha value is -2.01. The van der Waals surface area contributed by atoms with Crippen LogP contribution in [0.1, 0.15) is 11.4 Å². The van der Waals surface area contributed by atoms with E-state index in [-0.39, 0.29) is 0 Å². The van der Waals surface area contributed by atoms with Crippen molar-refractivity contribution in [2.45, 2.75) is 13.5 Å². The van der Waals surface area contributed by atoms with Gasteiger partial charge in [0.2, 0.25) is 0 Å². The summed E-state index contributed by atoms with van der Waals surface area (Å²) in [6.45, 7) is 2.67. The van der Waals surface area contributed by atoms with Crippen LogP contribution in [0.2, 0.25) is 0 Å². The zero-order valence-corrected chi connectivity index (χ0v) is 10.7. The Labute approximate surface area is 109 Å². The van der Waals surface area contributed by atoms with E-state index in [2.05, 4.69) is 32.0 Å². The topological polar surface area (TPSA) is 50.7 Å². The zero-order valence-electron chi connectivity index (χ0n) is 9.92. The Morgan fingerprint density at radius 2 is 2.17 bits per heavy atom. The van der Waals surface area contributed by atoms with Gasteiger partial charge in [-0.3, -0.25) is 4.98 Å². The number of aromatic nitrogens is 3. The van der Waals surface area contributed by atoms with Crippen molar-refractivity contribution in [2.75, 3.05) is 5.32 Å². The Morgan fingerprint density at radius 1 is 1.22 bits per heavy atom.